The van der Waals surface area contributed by atoms with Gasteiger partial charge in [0, 0.05) is 35.4 Å². The van der Waals surface area contributed by atoms with Crippen LogP contribution >= 0.6 is 0 Å². The topological polar surface area (TPSA) is 6.02 Å². The monoisotopic (exact) mass is 370 g/mol. The van der Waals surface area contributed by atoms with E-state index in [0.29, 0.717) is 0 Å². The largest absolute Gasteiger partial charge is 0.209 e. The molecule has 142 valence electrons. The standard InChI is InChI=1S/C26H30N2/c1-25(2)19-13-7-9-15-21(19)27(5)23(25)17-11-12-18-24-26(3,4)20-14-8-10-16-22(20)28(24)6/h7-18H,1-6H3/q+2. The molecule has 0 aliphatic carbocycles. The average molecular weight is 371 g/mol. The quantitative estimate of drug-likeness (QED) is 0.496. The zero-order valence-electron chi connectivity index (χ0n) is 17.8. The molecular formula is C26H30N2+2. The highest BCUT2D eigenvalue weighted by molar-refractivity contribution is 6.04. The lowest BCUT2D eigenvalue weighted by atomic mass is 9.81. The predicted octanol–water partition coefficient (Wildman–Crippen LogP) is 5.51. The van der Waals surface area contributed by atoms with E-state index in [1.807, 2.05) is 0 Å². The second kappa shape index (κ2) is 6.41. The van der Waals surface area contributed by atoms with E-state index in [1.165, 1.54) is 33.9 Å². The lowest BCUT2D eigenvalue weighted by Gasteiger charge is -2.15. The van der Waals surface area contributed by atoms with Gasteiger partial charge in [0.25, 0.3) is 0 Å². The van der Waals surface area contributed by atoms with Crippen LogP contribution in [0.15, 0.2) is 72.8 Å². The van der Waals surface area contributed by atoms with Crippen LogP contribution in [0.2, 0.25) is 0 Å². The molecule has 2 aromatic carbocycles. The molecule has 0 unspecified atom stereocenters. The number of rotatable bonds is 3. The van der Waals surface area contributed by atoms with Crippen LogP contribution in [0, 0.1) is 0 Å². The van der Waals surface area contributed by atoms with Crippen molar-refractivity contribution in [3.63, 3.8) is 0 Å². The summed E-state index contributed by atoms with van der Waals surface area (Å²) in [7, 11) is 4.33. The Kier molecular flexibility index (Phi) is 4.26. The molecule has 0 fully saturated rings. The van der Waals surface area contributed by atoms with Gasteiger partial charge in [-0.1, -0.05) is 48.6 Å². The van der Waals surface area contributed by atoms with E-state index in [0.717, 1.165) is 0 Å². The molecule has 2 aliphatic rings. The number of hydrogen-bond donors (Lipinski definition) is 0. The van der Waals surface area contributed by atoms with Gasteiger partial charge < -0.3 is 0 Å². The van der Waals surface area contributed by atoms with Crippen molar-refractivity contribution in [1.82, 2.24) is 0 Å². The first kappa shape index (κ1) is 18.6. The summed E-state index contributed by atoms with van der Waals surface area (Å²) in [6.07, 6.45) is 8.87. The highest BCUT2D eigenvalue weighted by atomic mass is 15.0. The predicted molar refractivity (Wildman–Crippen MR) is 119 cm³/mol. The molecule has 0 spiro atoms. The Bertz CT molecular complexity index is 988. The Morgan fingerprint density at radius 1 is 0.607 bits per heavy atom. The van der Waals surface area contributed by atoms with Gasteiger partial charge in [-0.3, -0.25) is 0 Å². The van der Waals surface area contributed by atoms with Crippen LogP contribution in [0.25, 0.3) is 0 Å². The van der Waals surface area contributed by atoms with Crippen molar-refractivity contribution in [2.24, 2.45) is 0 Å². The minimum atomic E-state index is 0.0164. The molecule has 28 heavy (non-hydrogen) atoms. The van der Waals surface area contributed by atoms with Gasteiger partial charge in [-0.25, -0.2) is 0 Å². The third kappa shape index (κ3) is 2.63. The normalized spacial score (nSPS) is 19.8. The lowest BCUT2D eigenvalue weighted by molar-refractivity contribution is -0.401. The zero-order valence-corrected chi connectivity index (χ0v) is 17.8. The summed E-state index contributed by atoms with van der Waals surface area (Å²) in [5.41, 5.74) is 8.07. The fourth-order valence-electron chi connectivity index (χ4n) is 4.90. The molecule has 2 aromatic rings. The van der Waals surface area contributed by atoms with E-state index in [1.54, 1.807) is 0 Å². The number of para-hydroxylation sites is 2. The molecule has 4 rings (SSSR count). The van der Waals surface area contributed by atoms with Gasteiger partial charge in [-0.05, 0) is 27.7 Å². The van der Waals surface area contributed by atoms with Gasteiger partial charge in [0.15, 0.2) is 11.4 Å². The maximum atomic E-state index is 2.31. The number of hydrogen-bond acceptors (Lipinski definition) is 0. The van der Waals surface area contributed by atoms with E-state index in [-0.39, 0.29) is 10.8 Å². The number of nitrogens with zero attached hydrogens (tertiary/aromatic N) is 2. The summed E-state index contributed by atoms with van der Waals surface area (Å²) in [6.45, 7) is 9.21. The average Bonchev–Trinajstić information content (AvgIpc) is 2.99. The first-order chi connectivity index (χ1) is 13.3. The van der Waals surface area contributed by atoms with Gasteiger partial charge >= 0.3 is 0 Å². The minimum Gasteiger partial charge on any atom is -0.198 e. The second-order valence-corrected chi connectivity index (χ2v) is 8.89. The third-order valence-corrected chi connectivity index (χ3v) is 6.50. The molecule has 0 N–H and O–H groups in total. The molecule has 0 atom stereocenters. The maximum absolute atomic E-state index is 2.31. The molecule has 0 saturated carbocycles. The first-order valence-corrected chi connectivity index (χ1v) is 10.0. The molecular weight excluding hydrogens is 340 g/mol. The Hall–Kier alpha value is -2.74. The van der Waals surface area contributed by atoms with Crippen molar-refractivity contribution in [2.75, 3.05) is 14.1 Å². The summed E-state index contributed by atoms with van der Waals surface area (Å²) in [5.74, 6) is 0. The van der Waals surface area contributed by atoms with Crippen LogP contribution in [-0.2, 0) is 10.8 Å². The van der Waals surface area contributed by atoms with Gasteiger partial charge in [0.1, 0.15) is 14.1 Å². The molecule has 0 amide bonds. The molecule has 0 radical (unpaired) electrons. The number of allylic oxidation sites excluding steroid dienone is 4. The molecule has 0 bridgehead atoms. The maximum Gasteiger partial charge on any atom is 0.209 e. The van der Waals surface area contributed by atoms with Crippen molar-refractivity contribution in [1.29, 1.82) is 0 Å². The Morgan fingerprint density at radius 2 is 0.964 bits per heavy atom. The Morgan fingerprint density at radius 3 is 1.32 bits per heavy atom. The highest BCUT2D eigenvalue weighted by Gasteiger charge is 2.43. The van der Waals surface area contributed by atoms with Crippen molar-refractivity contribution >= 4 is 22.8 Å². The summed E-state index contributed by atoms with van der Waals surface area (Å²) < 4.78 is 4.63. The summed E-state index contributed by atoms with van der Waals surface area (Å²) in [5, 5.41) is 0. The lowest BCUT2D eigenvalue weighted by Crippen LogP contribution is -2.27. The van der Waals surface area contributed by atoms with Crippen LogP contribution in [0.4, 0.5) is 11.4 Å². The smallest absolute Gasteiger partial charge is 0.198 e. The summed E-state index contributed by atoms with van der Waals surface area (Å²) in [6, 6.07) is 17.4. The van der Waals surface area contributed by atoms with Crippen LogP contribution in [-0.4, -0.2) is 34.7 Å². The highest BCUT2D eigenvalue weighted by Crippen LogP contribution is 2.40. The van der Waals surface area contributed by atoms with Gasteiger partial charge in [0.2, 0.25) is 11.4 Å². The van der Waals surface area contributed by atoms with Crippen molar-refractivity contribution < 1.29 is 9.15 Å². The second-order valence-electron chi connectivity index (χ2n) is 8.89. The molecule has 0 saturated heterocycles. The van der Waals surface area contributed by atoms with Crippen molar-refractivity contribution in [3.05, 3.63) is 84.0 Å². The van der Waals surface area contributed by atoms with E-state index in [4.69, 9.17) is 0 Å². The van der Waals surface area contributed by atoms with Gasteiger partial charge in [-0.15, -0.1) is 0 Å². The number of fused-ring (bicyclic) bond motifs is 2. The zero-order chi connectivity index (χ0) is 20.1. The van der Waals surface area contributed by atoms with Crippen LogP contribution in [0.3, 0.4) is 0 Å². The minimum absolute atomic E-state index is 0.0164. The van der Waals surface area contributed by atoms with Gasteiger partial charge in [-0.2, -0.15) is 9.15 Å². The van der Waals surface area contributed by atoms with E-state index in [2.05, 4.69) is 124 Å². The van der Waals surface area contributed by atoms with Crippen LogP contribution in [0.1, 0.15) is 38.8 Å². The van der Waals surface area contributed by atoms with Crippen molar-refractivity contribution in [3.8, 4) is 0 Å². The fraction of sp³-hybridized carbons (Fsp3) is 0.308. The SMILES string of the molecule is C[N+]1=C(C=CC=CC2=[N+](C)c3ccccc3C2(C)C)C(C)(C)c2ccccc21. The summed E-state index contributed by atoms with van der Waals surface area (Å²) in [4.78, 5) is 0. The van der Waals surface area contributed by atoms with Crippen molar-refractivity contribution in [2.45, 2.75) is 38.5 Å². The van der Waals surface area contributed by atoms with E-state index < -0.39 is 0 Å². The fourth-order valence-corrected chi connectivity index (χ4v) is 4.90. The Labute approximate surface area is 168 Å². The van der Waals surface area contributed by atoms with Crippen LogP contribution < -0.4 is 0 Å². The number of benzene rings is 2. The van der Waals surface area contributed by atoms with E-state index in [9.17, 15) is 0 Å². The molecule has 0 aromatic heterocycles. The first-order valence-electron chi connectivity index (χ1n) is 10.0. The molecule has 2 aliphatic heterocycles. The molecule has 2 nitrogen and oxygen atoms in total. The van der Waals surface area contributed by atoms with Crippen LogP contribution in [0.5, 0.6) is 0 Å². The third-order valence-electron chi connectivity index (χ3n) is 6.50. The van der Waals surface area contributed by atoms with Gasteiger partial charge in [0.05, 0.1) is 10.8 Å². The molecule has 2 heteroatoms. The molecule has 2 heterocycles. The van der Waals surface area contributed by atoms with E-state index >= 15 is 0 Å². The Balaban J connectivity index is 1.63. The summed E-state index contributed by atoms with van der Waals surface area (Å²) >= 11 is 0.